The summed E-state index contributed by atoms with van der Waals surface area (Å²) in [5, 5.41) is 0. The molecule has 1 aromatic carbocycles. The van der Waals surface area contributed by atoms with Crippen LogP contribution in [0.4, 0.5) is 0 Å². The summed E-state index contributed by atoms with van der Waals surface area (Å²) < 4.78 is 17.8. The number of hydrogen-bond donors (Lipinski definition) is 0. The zero-order valence-electron chi connectivity index (χ0n) is 13.4. The first-order valence-electron chi connectivity index (χ1n) is 7.37. The van der Waals surface area contributed by atoms with E-state index < -0.39 is 0 Å². The van der Waals surface area contributed by atoms with Crippen molar-refractivity contribution in [2.24, 2.45) is 0 Å². The van der Waals surface area contributed by atoms with E-state index in [0.29, 0.717) is 0 Å². The van der Waals surface area contributed by atoms with Gasteiger partial charge in [0.25, 0.3) is 0 Å². The fraction of sp³-hybridized carbons (Fsp3) is 0.625. The third kappa shape index (κ3) is 3.02. The Kier molecular flexibility index (Phi) is 4.17. The lowest BCUT2D eigenvalue weighted by molar-refractivity contribution is 0.00578. The van der Waals surface area contributed by atoms with E-state index in [0.717, 1.165) is 17.6 Å². The molecular weight excluding hydrogens is 251 g/mol. The van der Waals surface area contributed by atoms with Crippen molar-refractivity contribution < 1.29 is 14.0 Å². The lowest BCUT2D eigenvalue weighted by Crippen LogP contribution is -2.41. The highest BCUT2D eigenvalue weighted by Crippen LogP contribution is 2.36. The van der Waals surface area contributed by atoms with E-state index in [1.807, 2.05) is 24.3 Å². The van der Waals surface area contributed by atoms with E-state index in [9.17, 15) is 0 Å². The summed E-state index contributed by atoms with van der Waals surface area (Å²) in [6, 6.07) is 7.98. The molecular formula is C16H25BO3. The summed E-state index contributed by atoms with van der Waals surface area (Å²) in [6.45, 7) is 12.4. The van der Waals surface area contributed by atoms with Gasteiger partial charge >= 0.3 is 7.12 Å². The number of rotatable bonds is 4. The molecule has 0 N–H and O–H groups in total. The minimum absolute atomic E-state index is 0.234. The van der Waals surface area contributed by atoms with Crippen molar-refractivity contribution >= 4 is 12.6 Å². The van der Waals surface area contributed by atoms with Crippen molar-refractivity contribution in [3.8, 4) is 5.75 Å². The Labute approximate surface area is 122 Å². The topological polar surface area (TPSA) is 27.7 Å². The first-order chi connectivity index (χ1) is 9.25. The standard InChI is InChI=1S/C16H25BO3/c1-7-12(2)18-14-10-8-13(9-11-14)17-19-15(3,4)16(5,6)20-17/h8-12H,7H2,1-6H3. The molecule has 1 saturated heterocycles. The number of hydrogen-bond acceptors (Lipinski definition) is 3. The third-order valence-corrected chi connectivity index (χ3v) is 4.32. The second-order valence-corrected chi connectivity index (χ2v) is 6.49. The second-order valence-electron chi connectivity index (χ2n) is 6.49. The lowest BCUT2D eigenvalue weighted by atomic mass is 9.79. The van der Waals surface area contributed by atoms with Gasteiger partial charge in [0, 0.05) is 0 Å². The fourth-order valence-electron chi connectivity index (χ4n) is 2.00. The van der Waals surface area contributed by atoms with Crippen LogP contribution in [-0.2, 0) is 9.31 Å². The van der Waals surface area contributed by atoms with Gasteiger partial charge in [-0.3, -0.25) is 0 Å². The molecule has 1 aliphatic rings. The molecule has 1 aromatic rings. The Bertz CT molecular complexity index is 437. The van der Waals surface area contributed by atoms with Crippen LogP contribution in [-0.4, -0.2) is 24.4 Å². The molecule has 0 aliphatic carbocycles. The molecule has 4 heteroatoms. The molecule has 1 aliphatic heterocycles. The Morgan fingerprint density at radius 1 is 1.05 bits per heavy atom. The smallest absolute Gasteiger partial charge is 0.491 e. The van der Waals surface area contributed by atoms with E-state index in [4.69, 9.17) is 14.0 Å². The highest BCUT2D eigenvalue weighted by molar-refractivity contribution is 6.62. The Hall–Kier alpha value is -0.995. The van der Waals surface area contributed by atoms with E-state index in [2.05, 4.69) is 41.5 Å². The van der Waals surface area contributed by atoms with Gasteiger partial charge in [0.2, 0.25) is 0 Å². The zero-order valence-corrected chi connectivity index (χ0v) is 13.4. The van der Waals surface area contributed by atoms with Crippen molar-refractivity contribution in [2.45, 2.75) is 65.3 Å². The predicted molar refractivity (Wildman–Crippen MR) is 82.5 cm³/mol. The highest BCUT2D eigenvalue weighted by atomic mass is 16.7. The molecule has 1 fully saturated rings. The quantitative estimate of drug-likeness (QED) is 0.791. The molecule has 2 rings (SSSR count). The van der Waals surface area contributed by atoms with Crippen LogP contribution in [0, 0.1) is 0 Å². The van der Waals surface area contributed by atoms with Gasteiger partial charge in [0.1, 0.15) is 5.75 Å². The van der Waals surface area contributed by atoms with Crippen LogP contribution in [0.3, 0.4) is 0 Å². The maximum atomic E-state index is 6.03. The molecule has 0 amide bonds. The van der Waals surface area contributed by atoms with Crippen LogP contribution in [0.25, 0.3) is 0 Å². The van der Waals surface area contributed by atoms with Gasteiger partial charge in [0.05, 0.1) is 17.3 Å². The Morgan fingerprint density at radius 3 is 2.00 bits per heavy atom. The molecule has 0 radical (unpaired) electrons. The predicted octanol–water partition coefficient (Wildman–Crippen LogP) is 3.16. The molecule has 20 heavy (non-hydrogen) atoms. The van der Waals surface area contributed by atoms with Crippen LogP contribution in [0.2, 0.25) is 0 Å². The average molecular weight is 276 g/mol. The summed E-state index contributed by atoms with van der Waals surface area (Å²) >= 11 is 0. The fourth-order valence-corrected chi connectivity index (χ4v) is 2.00. The van der Waals surface area contributed by atoms with Crippen LogP contribution in [0.5, 0.6) is 5.75 Å². The SMILES string of the molecule is CCC(C)Oc1ccc(B2OC(C)(C)C(C)(C)O2)cc1. The van der Waals surface area contributed by atoms with Crippen LogP contribution in [0.1, 0.15) is 48.0 Å². The normalized spacial score (nSPS) is 21.8. The van der Waals surface area contributed by atoms with Crippen LogP contribution in [0.15, 0.2) is 24.3 Å². The summed E-state index contributed by atoms with van der Waals surface area (Å²) in [4.78, 5) is 0. The average Bonchev–Trinajstić information content (AvgIpc) is 2.59. The first kappa shape index (κ1) is 15.4. The number of benzene rings is 1. The number of ether oxygens (including phenoxy) is 1. The van der Waals surface area contributed by atoms with Crippen molar-refractivity contribution in [1.82, 2.24) is 0 Å². The molecule has 1 heterocycles. The van der Waals surface area contributed by atoms with E-state index in [1.165, 1.54) is 0 Å². The Morgan fingerprint density at radius 2 is 1.55 bits per heavy atom. The van der Waals surface area contributed by atoms with Gasteiger partial charge in [-0.25, -0.2) is 0 Å². The van der Waals surface area contributed by atoms with E-state index in [-0.39, 0.29) is 24.4 Å². The van der Waals surface area contributed by atoms with E-state index in [1.54, 1.807) is 0 Å². The summed E-state index contributed by atoms with van der Waals surface area (Å²) in [5.74, 6) is 0.889. The largest absolute Gasteiger partial charge is 0.494 e. The molecule has 1 unspecified atom stereocenters. The van der Waals surface area contributed by atoms with Gasteiger partial charge < -0.3 is 14.0 Å². The van der Waals surface area contributed by atoms with E-state index >= 15 is 0 Å². The molecule has 0 spiro atoms. The first-order valence-corrected chi connectivity index (χ1v) is 7.37. The van der Waals surface area contributed by atoms with Crippen molar-refractivity contribution in [1.29, 1.82) is 0 Å². The maximum absolute atomic E-state index is 6.03. The molecule has 0 bridgehead atoms. The molecule has 1 atom stereocenters. The molecule has 3 nitrogen and oxygen atoms in total. The Balaban J connectivity index is 2.08. The third-order valence-electron chi connectivity index (χ3n) is 4.32. The van der Waals surface area contributed by atoms with Gasteiger partial charge in [-0.05, 0) is 58.6 Å². The van der Waals surface area contributed by atoms with Crippen molar-refractivity contribution in [2.75, 3.05) is 0 Å². The summed E-state index contributed by atoms with van der Waals surface area (Å²) in [5.41, 5.74) is 0.424. The molecule has 110 valence electrons. The zero-order chi connectivity index (χ0) is 15.0. The van der Waals surface area contributed by atoms with Crippen molar-refractivity contribution in [3.63, 3.8) is 0 Å². The maximum Gasteiger partial charge on any atom is 0.494 e. The van der Waals surface area contributed by atoms with Crippen LogP contribution >= 0.6 is 0 Å². The summed E-state index contributed by atoms with van der Waals surface area (Å²) in [7, 11) is -0.308. The molecule has 0 saturated carbocycles. The van der Waals surface area contributed by atoms with Gasteiger partial charge in [-0.1, -0.05) is 19.1 Å². The highest BCUT2D eigenvalue weighted by Gasteiger charge is 2.51. The second kappa shape index (κ2) is 5.42. The minimum atomic E-state index is -0.308. The van der Waals surface area contributed by atoms with Crippen LogP contribution < -0.4 is 10.2 Å². The minimum Gasteiger partial charge on any atom is -0.491 e. The molecule has 0 aromatic heterocycles. The van der Waals surface area contributed by atoms with Gasteiger partial charge in [0.15, 0.2) is 0 Å². The van der Waals surface area contributed by atoms with Gasteiger partial charge in [-0.15, -0.1) is 0 Å². The van der Waals surface area contributed by atoms with Gasteiger partial charge in [-0.2, -0.15) is 0 Å². The van der Waals surface area contributed by atoms with Crippen molar-refractivity contribution in [3.05, 3.63) is 24.3 Å². The lowest BCUT2D eigenvalue weighted by Gasteiger charge is -2.32. The monoisotopic (exact) mass is 276 g/mol. The summed E-state index contributed by atoms with van der Waals surface area (Å²) in [6.07, 6.45) is 1.23.